The molecule has 5 unspecified atom stereocenters. The first-order valence-electron chi connectivity index (χ1n) is 25.4. The van der Waals surface area contributed by atoms with Crippen molar-refractivity contribution in [1.29, 1.82) is 0 Å². The smallest absolute Gasteiger partial charge is 0.329 e. The number of esters is 1. The van der Waals surface area contributed by atoms with Crippen LogP contribution >= 0.6 is 0 Å². The number of likely N-dealkylation sites (N-methyl/N-ethyl adjacent to an activating group) is 1. The lowest BCUT2D eigenvalue weighted by molar-refractivity contribution is -0.161. The van der Waals surface area contributed by atoms with E-state index in [9.17, 15) is 43.2 Å². The van der Waals surface area contributed by atoms with Crippen molar-refractivity contribution in [3.05, 3.63) is 71.8 Å². The lowest BCUT2D eigenvalue weighted by Crippen LogP contribution is -2.61. The Kier molecular flexibility index (Phi) is 20.1. The first-order chi connectivity index (χ1) is 33.7. The van der Waals surface area contributed by atoms with Crippen molar-refractivity contribution >= 4 is 53.2 Å². The summed E-state index contributed by atoms with van der Waals surface area (Å²) in [6.07, 6.45) is 0.589. The van der Waals surface area contributed by atoms with Gasteiger partial charge >= 0.3 is 5.97 Å². The maximum Gasteiger partial charge on any atom is 0.329 e. The Balaban J connectivity index is 1.61. The topological polar surface area (TPSA) is 233 Å². The third-order valence-electron chi connectivity index (χ3n) is 13.5. The molecule has 0 saturated carbocycles. The molecule has 2 aromatic rings. The maximum atomic E-state index is 14.7. The molecule has 3 saturated heterocycles. The zero-order valence-electron chi connectivity index (χ0n) is 42.9. The minimum Gasteiger partial charge on any atom is -0.458 e. The number of carbonyl (C=O) groups excluding carboxylic acids is 9. The number of nitrogens with one attached hydrogen (secondary N) is 5. The minimum absolute atomic E-state index is 0.0151. The molecule has 18 heteroatoms. The van der Waals surface area contributed by atoms with Crippen LogP contribution in [0.25, 0.3) is 0 Å². The van der Waals surface area contributed by atoms with Crippen LogP contribution in [0.5, 0.6) is 0 Å². The fourth-order valence-electron chi connectivity index (χ4n) is 9.60. The summed E-state index contributed by atoms with van der Waals surface area (Å²) >= 11 is 0. The van der Waals surface area contributed by atoms with E-state index in [1.54, 1.807) is 81.4 Å². The molecule has 3 heterocycles. The zero-order valence-corrected chi connectivity index (χ0v) is 42.9. The molecule has 5 N–H and O–H groups in total. The number of fused-ring (bicyclic) bond motifs is 2. The van der Waals surface area contributed by atoms with Gasteiger partial charge in [-0.25, -0.2) is 4.79 Å². The summed E-state index contributed by atoms with van der Waals surface area (Å²) < 4.78 is 6.04. The van der Waals surface area contributed by atoms with E-state index >= 15 is 0 Å². The SMILES string of the molecule is CCC(=O)NC1C(=O)NC(Cc2ccccc2)C(=O)N[C@@H](CC(C)C)C(=O)NC(C(C)C)C(=O)N2CCC[C@H]2C(=O)N2CCC[C@H]2C(=O)NC(CC(C)C)C(=O)N(C)[C@@H](Cc2ccccc2)C(=O)OC1C. The summed E-state index contributed by atoms with van der Waals surface area (Å²) in [5.74, 6) is -6.33. The Labute approximate surface area is 418 Å². The van der Waals surface area contributed by atoms with Crippen molar-refractivity contribution in [2.45, 2.75) is 168 Å². The summed E-state index contributed by atoms with van der Waals surface area (Å²) in [6.45, 7) is 14.6. The predicted molar refractivity (Wildman–Crippen MR) is 266 cm³/mol. The number of rotatable bonds is 11. The first-order valence-corrected chi connectivity index (χ1v) is 25.4. The van der Waals surface area contributed by atoms with Crippen LogP contribution < -0.4 is 26.6 Å². The van der Waals surface area contributed by atoms with Crippen LogP contribution in [0, 0.1) is 17.8 Å². The monoisotopic (exact) mass is 985 g/mol. The fraction of sp³-hybridized carbons (Fsp3) is 0.604. The van der Waals surface area contributed by atoms with Crippen molar-refractivity contribution in [3.8, 4) is 0 Å². The molecule has 8 amide bonds. The fourth-order valence-corrected chi connectivity index (χ4v) is 9.60. The van der Waals surface area contributed by atoms with Gasteiger partial charge in [-0.2, -0.15) is 0 Å². The van der Waals surface area contributed by atoms with Crippen molar-refractivity contribution in [3.63, 3.8) is 0 Å². The molecule has 0 aliphatic carbocycles. The quantitative estimate of drug-likeness (QED) is 0.207. The number of nitrogens with zero attached hydrogens (tertiary/aromatic N) is 3. The summed E-state index contributed by atoms with van der Waals surface area (Å²) in [7, 11) is 1.44. The number of ether oxygens (including phenoxy) is 1. The second-order valence-corrected chi connectivity index (χ2v) is 20.4. The summed E-state index contributed by atoms with van der Waals surface area (Å²) in [5.41, 5.74) is 1.35. The van der Waals surface area contributed by atoms with Crippen LogP contribution in [0.3, 0.4) is 0 Å². The van der Waals surface area contributed by atoms with Gasteiger partial charge in [-0.3, -0.25) is 38.4 Å². The highest BCUT2D eigenvalue weighted by molar-refractivity contribution is 5.99. The molecule has 0 radical (unpaired) electrons. The Hall–Kier alpha value is -6.33. The third-order valence-corrected chi connectivity index (χ3v) is 13.5. The summed E-state index contributed by atoms with van der Waals surface area (Å²) in [4.78, 5) is 134. The standard InChI is InChI=1S/C53H76N8O10/c1-10-43(62)57-45-34(8)71-53(70)42(30-36-21-15-12-16-22-36)59(9)50(67)39(28-32(4)5)56-48(65)40-23-17-25-60(40)51(68)41-24-18-26-61(41)52(69)44(33(6)7)58-47(64)37(27-31(2)3)54-46(63)38(55-49(45)66)29-35-19-13-11-14-20-35/h11-16,19-22,31-34,37-42,44-45H,10,17-18,23-30H2,1-9H3,(H,54,63)(H,55,66)(H,56,65)(H,57,62)(H,58,64)/t34?,37-,38?,39?,40-,41-,42-,44?,45?/m0/s1. The molecule has 0 spiro atoms. The molecule has 3 aliphatic heterocycles. The van der Waals surface area contributed by atoms with E-state index < -0.39 is 114 Å². The van der Waals surface area contributed by atoms with Gasteiger partial charge in [0.05, 0.1) is 0 Å². The van der Waals surface area contributed by atoms with Gasteiger partial charge in [0.15, 0.2) is 0 Å². The van der Waals surface area contributed by atoms with E-state index in [1.165, 1.54) is 28.7 Å². The van der Waals surface area contributed by atoms with E-state index in [1.807, 2.05) is 27.7 Å². The van der Waals surface area contributed by atoms with Gasteiger partial charge in [-0.05, 0) is 74.3 Å². The number of hydrogen-bond acceptors (Lipinski definition) is 10. The Bertz CT molecular complexity index is 2210. The average Bonchev–Trinajstić information content (AvgIpc) is 4.04. The molecule has 3 aliphatic rings. The Morgan fingerprint density at radius 2 is 1.14 bits per heavy atom. The highest BCUT2D eigenvalue weighted by Crippen LogP contribution is 2.27. The highest BCUT2D eigenvalue weighted by Gasteiger charge is 2.46. The van der Waals surface area contributed by atoms with Gasteiger partial charge in [0.1, 0.15) is 54.4 Å². The normalized spacial score (nSPS) is 27.0. The maximum absolute atomic E-state index is 14.7. The van der Waals surface area contributed by atoms with Crippen LogP contribution in [0.4, 0.5) is 0 Å². The minimum atomic E-state index is -1.53. The molecule has 71 heavy (non-hydrogen) atoms. The van der Waals surface area contributed by atoms with Crippen molar-refractivity contribution < 1.29 is 47.9 Å². The van der Waals surface area contributed by atoms with Crippen molar-refractivity contribution in [2.24, 2.45) is 17.8 Å². The van der Waals surface area contributed by atoms with Crippen LogP contribution in [-0.4, -0.2) is 143 Å². The molecular weight excluding hydrogens is 909 g/mol. The van der Waals surface area contributed by atoms with Crippen LogP contribution in [0.15, 0.2) is 60.7 Å². The van der Waals surface area contributed by atoms with Crippen LogP contribution in [-0.2, 0) is 60.7 Å². The first kappa shape index (κ1) is 55.6. The lowest BCUT2D eigenvalue weighted by atomic mass is 9.98. The van der Waals surface area contributed by atoms with Crippen molar-refractivity contribution in [2.75, 3.05) is 20.1 Å². The van der Waals surface area contributed by atoms with E-state index in [-0.39, 0.29) is 57.0 Å². The summed E-state index contributed by atoms with van der Waals surface area (Å²) in [6, 6.07) is 8.46. The second-order valence-electron chi connectivity index (χ2n) is 20.4. The van der Waals surface area contributed by atoms with E-state index in [0.717, 1.165) is 0 Å². The highest BCUT2D eigenvalue weighted by atomic mass is 16.5. The zero-order chi connectivity index (χ0) is 52.1. The molecule has 0 aromatic heterocycles. The van der Waals surface area contributed by atoms with Gasteiger partial charge in [-0.1, -0.05) is 109 Å². The lowest BCUT2D eigenvalue weighted by Gasteiger charge is -2.35. The molecule has 5 rings (SSSR count). The van der Waals surface area contributed by atoms with Gasteiger partial charge in [0.25, 0.3) is 0 Å². The summed E-state index contributed by atoms with van der Waals surface area (Å²) in [5, 5.41) is 14.1. The van der Waals surface area contributed by atoms with Gasteiger partial charge in [0, 0.05) is 39.4 Å². The molecule has 18 nitrogen and oxygen atoms in total. The third kappa shape index (κ3) is 14.9. The molecule has 2 aromatic carbocycles. The van der Waals surface area contributed by atoms with Crippen molar-refractivity contribution in [1.82, 2.24) is 41.3 Å². The Morgan fingerprint density at radius 3 is 1.70 bits per heavy atom. The predicted octanol–water partition coefficient (Wildman–Crippen LogP) is 2.81. The average molecular weight is 985 g/mol. The molecule has 9 atom stereocenters. The number of cyclic esters (lactones) is 1. The molecule has 3 fully saturated rings. The largest absolute Gasteiger partial charge is 0.458 e. The number of hydrogen-bond donors (Lipinski definition) is 5. The number of carbonyl (C=O) groups is 9. The van der Waals surface area contributed by atoms with Gasteiger partial charge in [-0.15, -0.1) is 0 Å². The molecule has 0 bridgehead atoms. The van der Waals surface area contributed by atoms with E-state index in [4.69, 9.17) is 4.74 Å². The number of benzene rings is 2. The van der Waals surface area contributed by atoms with Gasteiger partial charge < -0.3 is 46.0 Å². The Morgan fingerprint density at radius 1 is 0.634 bits per heavy atom. The molecule has 388 valence electrons. The van der Waals surface area contributed by atoms with Crippen LogP contribution in [0.2, 0.25) is 0 Å². The van der Waals surface area contributed by atoms with Crippen LogP contribution in [0.1, 0.15) is 111 Å². The second kappa shape index (κ2) is 25.7. The van der Waals surface area contributed by atoms with E-state index in [2.05, 4.69) is 26.6 Å². The molecular formula is C53H76N8O10. The van der Waals surface area contributed by atoms with Gasteiger partial charge in [0.2, 0.25) is 47.3 Å². The number of amides is 8. The van der Waals surface area contributed by atoms with E-state index in [0.29, 0.717) is 36.8 Å².